The molecule has 2 N–H and O–H groups in total. The van der Waals surface area contributed by atoms with Crippen molar-refractivity contribution in [1.29, 1.82) is 0 Å². The SMILES string of the molecule is CCC(Oc1cccc(C)c1)C(=O)Nc1cccc(C(=O)NC2CCCCC2)c1. The third-order valence-electron chi connectivity index (χ3n) is 5.26. The lowest BCUT2D eigenvalue weighted by molar-refractivity contribution is -0.122. The summed E-state index contributed by atoms with van der Waals surface area (Å²) in [7, 11) is 0. The van der Waals surface area contributed by atoms with Gasteiger partial charge in [-0.3, -0.25) is 9.59 Å². The summed E-state index contributed by atoms with van der Waals surface area (Å²) < 4.78 is 5.87. The normalized spacial score (nSPS) is 15.4. The minimum atomic E-state index is -0.600. The minimum absolute atomic E-state index is 0.0870. The highest BCUT2D eigenvalue weighted by atomic mass is 16.5. The molecule has 1 atom stereocenters. The first-order valence-electron chi connectivity index (χ1n) is 10.5. The predicted octanol–water partition coefficient (Wildman–Crippen LogP) is 4.85. The molecule has 1 aliphatic rings. The molecule has 154 valence electrons. The molecule has 0 bridgehead atoms. The Morgan fingerprint density at radius 3 is 2.55 bits per heavy atom. The first kappa shape index (κ1) is 20.9. The zero-order valence-electron chi connectivity index (χ0n) is 17.2. The van der Waals surface area contributed by atoms with Gasteiger partial charge in [-0.25, -0.2) is 0 Å². The zero-order chi connectivity index (χ0) is 20.6. The van der Waals surface area contributed by atoms with E-state index in [0.29, 0.717) is 23.4 Å². The molecular formula is C24H30N2O3. The molecule has 1 saturated carbocycles. The summed E-state index contributed by atoms with van der Waals surface area (Å²) in [6.07, 6.45) is 5.60. The highest BCUT2D eigenvalue weighted by Gasteiger charge is 2.20. The number of rotatable bonds is 7. The second kappa shape index (κ2) is 10.1. The molecule has 1 fully saturated rings. The van der Waals surface area contributed by atoms with Crippen molar-refractivity contribution in [3.8, 4) is 5.75 Å². The predicted molar refractivity (Wildman–Crippen MR) is 115 cm³/mol. The highest BCUT2D eigenvalue weighted by molar-refractivity contribution is 5.98. The molecule has 5 nitrogen and oxygen atoms in total. The smallest absolute Gasteiger partial charge is 0.265 e. The number of hydrogen-bond donors (Lipinski definition) is 2. The standard InChI is InChI=1S/C24H30N2O3/c1-3-22(29-21-14-7-9-17(2)15-21)24(28)26-20-13-8-10-18(16-20)23(27)25-19-11-5-4-6-12-19/h7-10,13-16,19,22H,3-6,11-12H2,1-2H3,(H,25,27)(H,26,28). The molecule has 2 amide bonds. The van der Waals surface area contributed by atoms with Crippen LogP contribution in [0.5, 0.6) is 5.75 Å². The van der Waals surface area contributed by atoms with E-state index in [0.717, 1.165) is 18.4 Å². The Kier molecular flexibility index (Phi) is 7.28. The van der Waals surface area contributed by atoms with Crippen molar-refractivity contribution in [3.63, 3.8) is 0 Å². The second-order valence-corrected chi connectivity index (χ2v) is 7.71. The van der Waals surface area contributed by atoms with Crippen LogP contribution in [0.4, 0.5) is 5.69 Å². The van der Waals surface area contributed by atoms with Crippen LogP contribution in [0.3, 0.4) is 0 Å². The van der Waals surface area contributed by atoms with E-state index in [9.17, 15) is 9.59 Å². The molecule has 0 radical (unpaired) electrons. The number of benzene rings is 2. The van der Waals surface area contributed by atoms with Crippen LogP contribution in [0.2, 0.25) is 0 Å². The Labute approximate surface area is 172 Å². The van der Waals surface area contributed by atoms with Crippen molar-refractivity contribution in [2.45, 2.75) is 64.5 Å². The van der Waals surface area contributed by atoms with Crippen LogP contribution in [0.15, 0.2) is 48.5 Å². The number of carbonyl (C=O) groups is 2. The van der Waals surface area contributed by atoms with E-state index in [4.69, 9.17) is 4.74 Å². The van der Waals surface area contributed by atoms with Crippen molar-refractivity contribution in [1.82, 2.24) is 5.32 Å². The average molecular weight is 395 g/mol. The van der Waals surface area contributed by atoms with Gasteiger partial charge in [-0.1, -0.05) is 44.4 Å². The Hall–Kier alpha value is -2.82. The summed E-state index contributed by atoms with van der Waals surface area (Å²) in [6.45, 7) is 3.89. The molecule has 0 aromatic heterocycles. The topological polar surface area (TPSA) is 67.4 Å². The van der Waals surface area contributed by atoms with Gasteiger partial charge in [-0.15, -0.1) is 0 Å². The van der Waals surface area contributed by atoms with Gasteiger partial charge in [-0.2, -0.15) is 0 Å². The van der Waals surface area contributed by atoms with E-state index in [2.05, 4.69) is 10.6 Å². The maximum atomic E-state index is 12.7. The second-order valence-electron chi connectivity index (χ2n) is 7.71. The first-order chi connectivity index (χ1) is 14.0. The maximum Gasteiger partial charge on any atom is 0.265 e. The number of aryl methyl sites for hydroxylation is 1. The lowest BCUT2D eigenvalue weighted by atomic mass is 9.95. The number of nitrogens with one attached hydrogen (secondary N) is 2. The lowest BCUT2D eigenvalue weighted by Gasteiger charge is -2.23. The fourth-order valence-electron chi connectivity index (χ4n) is 3.65. The van der Waals surface area contributed by atoms with E-state index in [1.807, 2.05) is 38.1 Å². The quantitative estimate of drug-likeness (QED) is 0.705. The van der Waals surface area contributed by atoms with Gasteiger partial charge in [0.1, 0.15) is 5.75 Å². The van der Waals surface area contributed by atoms with Crippen LogP contribution < -0.4 is 15.4 Å². The zero-order valence-corrected chi connectivity index (χ0v) is 17.2. The summed E-state index contributed by atoms with van der Waals surface area (Å²) in [4.78, 5) is 25.3. The van der Waals surface area contributed by atoms with Crippen LogP contribution in [0, 0.1) is 6.92 Å². The molecule has 3 rings (SSSR count). The molecule has 0 heterocycles. The Morgan fingerprint density at radius 1 is 1.07 bits per heavy atom. The monoisotopic (exact) mass is 394 g/mol. The largest absolute Gasteiger partial charge is 0.481 e. The highest BCUT2D eigenvalue weighted by Crippen LogP contribution is 2.19. The number of amides is 2. The number of hydrogen-bond acceptors (Lipinski definition) is 3. The van der Waals surface area contributed by atoms with E-state index >= 15 is 0 Å². The molecule has 5 heteroatoms. The van der Waals surface area contributed by atoms with Crippen LogP contribution in [-0.4, -0.2) is 24.0 Å². The van der Waals surface area contributed by atoms with Gasteiger partial charge >= 0.3 is 0 Å². The van der Waals surface area contributed by atoms with Gasteiger partial charge in [0, 0.05) is 17.3 Å². The van der Waals surface area contributed by atoms with Gasteiger partial charge in [0.05, 0.1) is 0 Å². The van der Waals surface area contributed by atoms with E-state index in [1.54, 1.807) is 24.3 Å². The molecule has 2 aromatic rings. The van der Waals surface area contributed by atoms with Crippen LogP contribution in [0.25, 0.3) is 0 Å². The molecule has 1 unspecified atom stereocenters. The first-order valence-corrected chi connectivity index (χ1v) is 10.5. The Bertz CT molecular complexity index is 844. The van der Waals surface area contributed by atoms with Crippen molar-refractivity contribution < 1.29 is 14.3 Å². The summed E-state index contributed by atoms with van der Waals surface area (Å²) in [6, 6.07) is 15.0. The van der Waals surface area contributed by atoms with Crippen molar-refractivity contribution in [2.24, 2.45) is 0 Å². The van der Waals surface area contributed by atoms with Crippen LogP contribution >= 0.6 is 0 Å². The average Bonchev–Trinajstić information content (AvgIpc) is 2.73. The molecule has 0 spiro atoms. The summed E-state index contributed by atoms with van der Waals surface area (Å²) >= 11 is 0. The summed E-state index contributed by atoms with van der Waals surface area (Å²) in [5.41, 5.74) is 2.23. The number of anilines is 1. The maximum absolute atomic E-state index is 12.7. The van der Waals surface area contributed by atoms with Crippen molar-refractivity contribution >= 4 is 17.5 Å². The Morgan fingerprint density at radius 2 is 1.83 bits per heavy atom. The molecule has 0 aliphatic heterocycles. The van der Waals surface area contributed by atoms with Gasteiger partial charge < -0.3 is 15.4 Å². The molecule has 1 aliphatic carbocycles. The third-order valence-corrected chi connectivity index (χ3v) is 5.26. The fraction of sp³-hybridized carbons (Fsp3) is 0.417. The lowest BCUT2D eigenvalue weighted by Crippen LogP contribution is -2.36. The van der Waals surface area contributed by atoms with Gasteiger partial charge in [0.15, 0.2) is 6.10 Å². The summed E-state index contributed by atoms with van der Waals surface area (Å²) in [5.74, 6) is 0.363. The van der Waals surface area contributed by atoms with Gasteiger partial charge in [0.25, 0.3) is 11.8 Å². The molecular weight excluding hydrogens is 364 g/mol. The number of ether oxygens (including phenoxy) is 1. The summed E-state index contributed by atoms with van der Waals surface area (Å²) in [5, 5.41) is 5.99. The van der Waals surface area contributed by atoms with E-state index in [1.165, 1.54) is 19.3 Å². The van der Waals surface area contributed by atoms with Crippen molar-refractivity contribution in [2.75, 3.05) is 5.32 Å². The van der Waals surface area contributed by atoms with Crippen molar-refractivity contribution in [3.05, 3.63) is 59.7 Å². The molecule has 29 heavy (non-hydrogen) atoms. The van der Waals surface area contributed by atoms with Gasteiger partial charge in [-0.05, 0) is 62.1 Å². The van der Waals surface area contributed by atoms with Crippen LogP contribution in [-0.2, 0) is 4.79 Å². The minimum Gasteiger partial charge on any atom is -0.481 e. The number of carbonyl (C=O) groups excluding carboxylic acids is 2. The Balaban J connectivity index is 1.61. The third kappa shape index (κ3) is 6.08. The van der Waals surface area contributed by atoms with E-state index in [-0.39, 0.29) is 17.9 Å². The van der Waals surface area contributed by atoms with Gasteiger partial charge in [0.2, 0.25) is 0 Å². The van der Waals surface area contributed by atoms with E-state index < -0.39 is 6.10 Å². The molecule has 2 aromatic carbocycles. The fourth-order valence-corrected chi connectivity index (χ4v) is 3.65. The van der Waals surface area contributed by atoms with Crippen LogP contribution in [0.1, 0.15) is 61.4 Å². The molecule has 0 saturated heterocycles.